The minimum atomic E-state index is -0.320. The number of β-amino-alcohol motifs (C(OH)–C–C–N with tert-alkyl or cyclic N) is 1. The lowest BCUT2D eigenvalue weighted by atomic mass is 10.2. The largest absolute Gasteiger partial charge is 0.392 e. The quantitative estimate of drug-likeness (QED) is 0.830. The molecule has 3 rings (SSSR count). The van der Waals surface area contributed by atoms with Crippen molar-refractivity contribution in [3.05, 3.63) is 42.0 Å². The molecular weight excluding hydrogens is 262 g/mol. The predicted molar refractivity (Wildman–Crippen MR) is 71.7 cm³/mol. The minimum absolute atomic E-state index is 0.0158. The second-order valence-electron chi connectivity index (χ2n) is 4.50. The van der Waals surface area contributed by atoms with Crippen LogP contribution in [0.15, 0.2) is 39.8 Å². The first-order valence-electron chi connectivity index (χ1n) is 6.23. The Bertz CT molecular complexity index is 532. The molecule has 0 radical (unpaired) electrons. The number of aliphatic hydroxyl groups excluding tert-OH is 1. The summed E-state index contributed by atoms with van der Waals surface area (Å²) < 4.78 is 5.24. The average Bonchev–Trinajstić information content (AvgIpc) is 3.06. The van der Waals surface area contributed by atoms with Crippen molar-refractivity contribution in [2.24, 2.45) is 0 Å². The van der Waals surface area contributed by atoms with Gasteiger partial charge < -0.3 is 14.9 Å². The normalized spacial score (nSPS) is 22.8. The van der Waals surface area contributed by atoms with Gasteiger partial charge in [-0.25, -0.2) is 0 Å². The lowest BCUT2D eigenvalue weighted by Gasteiger charge is -2.01. The molecule has 2 aromatic rings. The van der Waals surface area contributed by atoms with E-state index in [0.29, 0.717) is 30.4 Å². The molecule has 0 saturated carbocycles. The second kappa shape index (κ2) is 5.73. The number of hydrogen-bond donors (Lipinski definition) is 2. The molecule has 1 aromatic carbocycles. The molecule has 2 heterocycles. The Labute approximate surface area is 115 Å². The van der Waals surface area contributed by atoms with Gasteiger partial charge in [-0.15, -0.1) is 11.8 Å². The highest BCUT2D eigenvalue weighted by atomic mass is 32.2. The molecule has 1 fully saturated rings. The summed E-state index contributed by atoms with van der Waals surface area (Å²) in [5.41, 5.74) is 0. The van der Waals surface area contributed by atoms with Gasteiger partial charge in [0.25, 0.3) is 0 Å². The molecule has 1 aliphatic rings. The Balaban J connectivity index is 1.59. The predicted octanol–water partition coefficient (Wildman–Crippen LogP) is 1.76. The standard InChI is InChI=1S/C13H15N3O2S/c17-9-6-11(14-7-9)13-15-12(16-18-13)8-19-10-4-2-1-3-5-10/h1-5,9,11,14,17H,6-8H2/t9-,11+/m1/s1. The molecular formula is C13H15N3O2S. The highest BCUT2D eigenvalue weighted by Gasteiger charge is 2.27. The van der Waals surface area contributed by atoms with Crippen molar-refractivity contribution in [2.75, 3.05) is 6.54 Å². The zero-order valence-electron chi connectivity index (χ0n) is 10.3. The smallest absolute Gasteiger partial charge is 0.243 e. The fraction of sp³-hybridized carbons (Fsp3) is 0.385. The van der Waals surface area contributed by atoms with E-state index in [0.717, 1.165) is 0 Å². The molecule has 19 heavy (non-hydrogen) atoms. The number of thioether (sulfide) groups is 1. The summed E-state index contributed by atoms with van der Waals surface area (Å²) in [6.07, 6.45) is 0.312. The van der Waals surface area contributed by atoms with Gasteiger partial charge in [0.1, 0.15) is 0 Å². The maximum absolute atomic E-state index is 9.46. The van der Waals surface area contributed by atoms with Crippen molar-refractivity contribution in [2.45, 2.75) is 29.2 Å². The van der Waals surface area contributed by atoms with E-state index in [1.807, 2.05) is 18.2 Å². The maximum Gasteiger partial charge on any atom is 0.243 e. The van der Waals surface area contributed by atoms with E-state index in [9.17, 15) is 5.11 Å². The van der Waals surface area contributed by atoms with E-state index >= 15 is 0 Å². The van der Waals surface area contributed by atoms with E-state index in [1.54, 1.807) is 11.8 Å². The Morgan fingerprint density at radius 1 is 1.37 bits per heavy atom. The second-order valence-corrected chi connectivity index (χ2v) is 5.55. The van der Waals surface area contributed by atoms with Crippen molar-refractivity contribution in [3.8, 4) is 0 Å². The van der Waals surface area contributed by atoms with Gasteiger partial charge in [-0.05, 0) is 18.6 Å². The molecule has 2 N–H and O–H groups in total. The van der Waals surface area contributed by atoms with Crippen LogP contribution in [0.2, 0.25) is 0 Å². The van der Waals surface area contributed by atoms with E-state index < -0.39 is 0 Å². The molecule has 5 nitrogen and oxygen atoms in total. The van der Waals surface area contributed by atoms with Gasteiger partial charge in [-0.1, -0.05) is 23.4 Å². The third-order valence-electron chi connectivity index (χ3n) is 3.00. The lowest BCUT2D eigenvalue weighted by Crippen LogP contribution is -2.15. The van der Waals surface area contributed by atoms with Crippen LogP contribution in [0.25, 0.3) is 0 Å². The SMILES string of the molecule is O[C@H]1CN[C@H](c2nc(CSc3ccccc3)no2)C1. The molecule has 100 valence electrons. The number of rotatable bonds is 4. The van der Waals surface area contributed by atoms with Crippen LogP contribution in [0.4, 0.5) is 0 Å². The number of nitrogens with one attached hydrogen (secondary N) is 1. The molecule has 2 atom stereocenters. The first kappa shape index (κ1) is 12.7. The van der Waals surface area contributed by atoms with Crippen LogP contribution in [0.1, 0.15) is 24.2 Å². The van der Waals surface area contributed by atoms with E-state index in [1.165, 1.54) is 4.90 Å². The third kappa shape index (κ3) is 3.15. The van der Waals surface area contributed by atoms with E-state index in [-0.39, 0.29) is 12.1 Å². The average molecular weight is 277 g/mol. The summed E-state index contributed by atoms with van der Waals surface area (Å²) in [6, 6.07) is 10.1. The maximum atomic E-state index is 9.46. The van der Waals surface area contributed by atoms with Crippen molar-refractivity contribution >= 4 is 11.8 Å². The number of aliphatic hydroxyl groups is 1. The highest BCUT2D eigenvalue weighted by molar-refractivity contribution is 7.98. The fourth-order valence-corrected chi connectivity index (χ4v) is 2.80. The summed E-state index contributed by atoms with van der Waals surface area (Å²) in [4.78, 5) is 5.55. The van der Waals surface area contributed by atoms with Gasteiger partial charge in [0.05, 0.1) is 17.9 Å². The van der Waals surface area contributed by atoms with Crippen molar-refractivity contribution < 1.29 is 9.63 Å². The molecule has 0 unspecified atom stereocenters. The Morgan fingerprint density at radius 3 is 2.95 bits per heavy atom. The Hall–Kier alpha value is -1.37. The zero-order valence-corrected chi connectivity index (χ0v) is 11.1. The molecule has 1 saturated heterocycles. The van der Waals surface area contributed by atoms with Gasteiger partial charge in [0.15, 0.2) is 5.82 Å². The van der Waals surface area contributed by atoms with Gasteiger partial charge in [-0.2, -0.15) is 4.98 Å². The third-order valence-corrected chi connectivity index (χ3v) is 4.01. The van der Waals surface area contributed by atoms with Crippen molar-refractivity contribution in [1.29, 1.82) is 0 Å². The molecule has 1 aromatic heterocycles. The van der Waals surface area contributed by atoms with Crippen LogP contribution in [0.5, 0.6) is 0 Å². The first-order chi connectivity index (χ1) is 9.31. The fourth-order valence-electron chi connectivity index (χ4n) is 2.04. The van der Waals surface area contributed by atoms with Crippen molar-refractivity contribution in [1.82, 2.24) is 15.5 Å². The summed E-state index contributed by atoms with van der Waals surface area (Å²) in [7, 11) is 0. The summed E-state index contributed by atoms with van der Waals surface area (Å²) in [5, 5.41) is 16.6. The van der Waals surface area contributed by atoms with Crippen molar-refractivity contribution in [3.63, 3.8) is 0 Å². The Kier molecular flexibility index (Phi) is 3.82. The number of benzene rings is 1. The van der Waals surface area contributed by atoms with Crippen LogP contribution in [-0.2, 0) is 5.75 Å². The molecule has 1 aliphatic heterocycles. The Morgan fingerprint density at radius 2 is 2.21 bits per heavy atom. The number of hydrogen-bond acceptors (Lipinski definition) is 6. The topological polar surface area (TPSA) is 71.2 Å². The highest BCUT2D eigenvalue weighted by Crippen LogP contribution is 2.24. The van der Waals surface area contributed by atoms with Gasteiger partial charge in [0, 0.05) is 11.4 Å². The summed E-state index contributed by atoms with van der Waals surface area (Å²) >= 11 is 1.68. The number of nitrogens with zero attached hydrogens (tertiary/aromatic N) is 2. The summed E-state index contributed by atoms with van der Waals surface area (Å²) in [6.45, 7) is 0.584. The molecule has 0 amide bonds. The van der Waals surface area contributed by atoms with Crippen LogP contribution in [0.3, 0.4) is 0 Å². The minimum Gasteiger partial charge on any atom is -0.392 e. The molecule has 6 heteroatoms. The summed E-state index contributed by atoms with van der Waals surface area (Å²) in [5.74, 6) is 1.94. The molecule has 0 spiro atoms. The molecule has 0 aliphatic carbocycles. The zero-order chi connectivity index (χ0) is 13.1. The first-order valence-corrected chi connectivity index (χ1v) is 7.21. The van der Waals surface area contributed by atoms with Gasteiger partial charge in [-0.3, -0.25) is 0 Å². The molecule has 0 bridgehead atoms. The van der Waals surface area contributed by atoms with E-state index in [2.05, 4.69) is 27.6 Å². The van der Waals surface area contributed by atoms with Gasteiger partial charge in [0.2, 0.25) is 5.89 Å². The van der Waals surface area contributed by atoms with Crippen LogP contribution in [0, 0.1) is 0 Å². The number of aromatic nitrogens is 2. The van der Waals surface area contributed by atoms with Crippen LogP contribution in [-0.4, -0.2) is 27.9 Å². The van der Waals surface area contributed by atoms with Crippen LogP contribution >= 0.6 is 11.8 Å². The van der Waals surface area contributed by atoms with Gasteiger partial charge >= 0.3 is 0 Å². The monoisotopic (exact) mass is 277 g/mol. The van der Waals surface area contributed by atoms with Crippen LogP contribution < -0.4 is 5.32 Å². The van der Waals surface area contributed by atoms with E-state index in [4.69, 9.17) is 4.52 Å². The lowest BCUT2D eigenvalue weighted by molar-refractivity contribution is 0.191.